The molecule has 0 saturated carbocycles. The van der Waals surface area contributed by atoms with Gasteiger partial charge in [-0.3, -0.25) is 0 Å². The van der Waals surface area contributed by atoms with Gasteiger partial charge in [-0.2, -0.15) is 4.98 Å². The van der Waals surface area contributed by atoms with Crippen LogP contribution in [0.1, 0.15) is 25.2 Å². The van der Waals surface area contributed by atoms with Crippen molar-refractivity contribution in [2.24, 2.45) is 0 Å². The Morgan fingerprint density at radius 3 is 2.67 bits per heavy atom. The Balaban J connectivity index is 2.24. The molecule has 0 aliphatic heterocycles. The predicted octanol–water partition coefficient (Wildman–Crippen LogP) is 4.05. The molecule has 4 heteroatoms. The highest BCUT2D eigenvalue weighted by Gasteiger charge is 2.04. The molecule has 94 valence electrons. The number of benzene rings is 1. The van der Waals surface area contributed by atoms with Gasteiger partial charge >= 0.3 is 0 Å². The molecule has 1 aromatic heterocycles. The molecule has 18 heavy (non-hydrogen) atoms. The first-order valence-electron chi connectivity index (χ1n) is 6.01. The van der Waals surface area contributed by atoms with Gasteiger partial charge in [-0.05, 0) is 24.1 Å². The van der Waals surface area contributed by atoms with Gasteiger partial charge in [-0.1, -0.05) is 37.6 Å². The molecule has 0 radical (unpaired) electrons. The second kappa shape index (κ2) is 5.83. The van der Waals surface area contributed by atoms with Crippen LogP contribution in [0.25, 0.3) is 0 Å². The lowest BCUT2D eigenvalue weighted by Crippen LogP contribution is -1.96. The van der Waals surface area contributed by atoms with E-state index < -0.39 is 0 Å². The summed E-state index contributed by atoms with van der Waals surface area (Å²) in [4.78, 5) is 8.39. The summed E-state index contributed by atoms with van der Waals surface area (Å²) in [6, 6.07) is 9.57. The summed E-state index contributed by atoms with van der Waals surface area (Å²) in [5.74, 6) is 1.94. The zero-order valence-electron chi connectivity index (χ0n) is 10.5. The van der Waals surface area contributed by atoms with E-state index in [9.17, 15) is 0 Å². The number of nitrogens with zero attached hydrogens (tertiary/aromatic N) is 2. The van der Waals surface area contributed by atoms with Crippen molar-refractivity contribution >= 4 is 11.6 Å². The van der Waals surface area contributed by atoms with Crippen molar-refractivity contribution in [1.82, 2.24) is 9.97 Å². The highest BCUT2D eigenvalue weighted by atomic mass is 35.5. The predicted molar refractivity (Wildman–Crippen MR) is 72.3 cm³/mol. The van der Waals surface area contributed by atoms with Crippen LogP contribution >= 0.6 is 11.6 Å². The molecule has 3 nitrogen and oxygen atoms in total. The highest BCUT2D eigenvalue weighted by molar-refractivity contribution is 6.29. The Labute approximate surface area is 112 Å². The average Bonchev–Trinajstić information content (AvgIpc) is 2.38. The van der Waals surface area contributed by atoms with E-state index in [2.05, 4.69) is 23.0 Å². The average molecular weight is 263 g/mol. The molecule has 0 saturated heterocycles. The molecule has 0 N–H and O–H groups in total. The Hall–Kier alpha value is -1.61. The normalized spacial score (nSPS) is 10.4. The number of aryl methyl sites for hydroxylation is 2. The minimum Gasteiger partial charge on any atom is -0.439 e. The second-order valence-corrected chi connectivity index (χ2v) is 4.29. The standard InChI is InChI=1S/C14H15ClN2O/c1-3-10-6-5-7-11(8-10)18-14-9-12(15)16-13(4-2)17-14/h5-9H,3-4H2,1-2H3. The SMILES string of the molecule is CCc1cccc(Oc2cc(Cl)nc(CC)n2)c1. The fourth-order valence-electron chi connectivity index (χ4n) is 1.60. The fourth-order valence-corrected chi connectivity index (χ4v) is 1.79. The van der Waals surface area contributed by atoms with E-state index >= 15 is 0 Å². The zero-order chi connectivity index (χ0) is 13.0. The quantitative estimate of drug-likeness (QED) is 0.780. The van der Waals surface area contributed by atoms with E-state index in [4.69, 9.17) is 16.3 Å². The van der Waals surface area contributed by atoms with Gasteiger partial charge in [0.15, 0.2) is 0 Å². The third-order valence-electron chi connectivity index (χ3n) is 2.56. The lowest BCUT2D eigenvalue weighted by Gasteiger charge is -2.07. The minimum absolute atomic E-state index is 0.406. The third-order valence-corrected chi connectivity index (χ3v) is 2.76. The maximum atomic E-state index is 5.92. The molecule has 0 atom stereocenters. The van der Waals surface area contributed by atoms with Gasteiger partial charge in [0.2, 0.25) is 5.88 Å². The lowest BCUT2D eigenvalue weighted by atomic mass is 10.2. The summed E-state index contributed by atoms with van der Waals surface area (Å²) >= 11 is 5.92. The van der Waals surface area contributed by atoms with Crippen LogP contribution in [0, 0.1) is 0 Å². The topological polar surface area (TPSA) is 35.0 Å². The van der Waals surface area contributed by atoms with E-state index in [0.717, 1.165) is 18.6 Å². The molecular formula is C14H15ClN2O. The molecular weight excluding hydrogens is 248 g/mol. The third kappa shape index (κ3) is 3.20. The van der Waals surface area contributed by atoms with Crippen LogP contribution in [0.15, 0.2) is 30.3 Å². The first-order valence-corrected chi connectivity index (χ1v) is 6.39. The van der Waals surface area contributed by atoms with Crippen molar-refractivity contribution in [1.29, 1.82) is 0 Å². The molecule has 1 heterocycles. The number of halogens is 1. The van der Waals surface area contributed by atoms with E-state index in [0.29, 0.717) is 16.9 Å². The van der Waals surface area contributed by atoms with Crippen molar-refractivity contribution in [3.63, 3.8) is 0 Å². The van der Waals surface area contributed by atoms with E-state index in [1.54, 1.807) is 6.07 Å². The van der Waals surface area contributed by atoms with Crippen LogP contribution < -0.4 is 4.74 Å². The van der Waals surface area contributed by atoms with Gasteiger partial charge in [0.25, 0.3) is 0 Å². The van der Waals surface area contributed by atoms with Gasteiger partial charge in [0.05, 0.1) is 0 Å². The number of hydrogen-bond donors (Lipinski definition) is 0. The molecule has 0 aliphatic carbocycles. The molecule has 2 aromatic rings. The Kier molecular flexibility index (Phi) is 4.15. The van der Waals surface area contributed by atoms with Gasteiger partial charge in [0.1, 0.15) is 16.7 Å². The van der Waals surface area contributed by atoms with E-state index in [1.165, 1.54) is 5.56 Å². The van der Waals surface area contributed by atoms with E-state index in [-0.39, 0.29) is 0 Å². The highest BCUT2D eigenvalue weighted by Crippen LogP contribution is 2.22. The van der Waals surface area contributed by atoms with Crippen LogP contribution in [0.2, 0.25) is 5.15 Å². The maximum Gasteiger partial charge on any atom is 0.224 e. The zero-order valence-corrected chi connectivity index (χ0v) is 11.2. The summed E-state index contributed by atoms with van der Waals surface area (Å²) in [5.41, 5.74) is 1.23. The van der Waals surface area contributed by atoms with Crippen LogP contribution in [-0.4, -0.2) is 9.97 Å². The molecule has 0 unspecified atom stereocenters. The molecule has 2 rings (SSSR count). The Bertz CT molecular complexity index is 543. The van der Waals surface area contributed by atoms with Crippen molar-refractivity contribution < 1.29 is 4.74 Å². The van der Waals surface area contributed by atoms with Crippen LogP contribution in [-0.2, 0) is 12.8 Å². The number of hydrogen-bond acceptors (Lipinski definition) is 3. The Morgan fingerprint density at radius 1 is 1.11 bits per heavy atom. The van der Waals surface area contributed by atoms with Gasteiger partial charge in [0, 0.05) is 12.5 Å². The molecule has 0 aliphatic rings. The molecule has 0 spiro atoms. The summed E-state index contributed by atoms with van der Waals surface area (Å²) in [7, 11) is 0. The number of ether oxygens (including phenoxy) is 1. The monoisotopic (exact) mass is 262 g/mol. The van der Waals surface area contributed by atoms with Crippen molar-refractivity contribution in [3.8, 4) is 11.6 Å². The van der Waals surface area contributed by atoms with Crippen LogP contribution in [0.5, 0.6) is 11.6 Å². The summed E-state index contributed by atoms with van der Waals surface area (Å²) in [5, 5.41) is 0.406. The maximum absolute atomic E-state index is 5.92. The van der Waals surface area contributed by atoms with Crippen molar-refractivity contribution in [2.75, 3.05) is 0 Å². The van der Waals surface area contributed by atoms with Crippen LogP contribution in [0.3, 0.4) is 0 Å². The van der Waals surface area contributed by atoms with Gasteiger partial charge in [-0.15, -0.1) is 0 Å². The fraction of sp³-hybridized carbons (Fsp3) is 0.286. The largest absolute Gasteiger partial charge is 0.439 e. The molecule has 0 amide bonds. The first kappa shape index (κ1) is 12.8. The smallest absolute Gasteiger partial charge is 0.224 e. The molecule has 0 fully saturated rings. The van der Waals surface area contributed by atoms with Gasteiger partial charge < -0.3 is 4.74 Å². The Morgan fingerprint density at radius 2 is 1.94 bits per heavy atom. The minimum atomic E-state index is 0.406. The summed E-state index contributed by atoms with van der Waals surface area (Å²) in [6.07, 6.45) is 1.70. The van der Waals surface area contributed by atoms with Crippen LogP contribution in [0.4, 0.5) is 0 Å². The molecule has 1 aromatic carbocycles. The van der Waals surface area contributed by atoms with Crippen molar-refractivity contribution in [3.05, 3.63) is 46.9 Å². The lowest BCUT2D eigenvalue weighted by molar-refractivity contribution is 0.458. The van der Waals surface area contributed by atoms with Gasteiger partial charge in [-0.25, -0.2) is 4.98 Å². The second-order valence-electron chi connectivity index (χ2n) is 3.90. The summed E-state index contributed by atoms with van der Waals surface area (Å²) < 4.78 is 5.71. The number of aromatic nitrogens is 2. The van der Waals surface area contributed by atoms with Crippen molar-refractivity contribution in [2.45, 2.75) is 26.7 Å². The summed E-state index contributed by atoms with van der Waals surface area (Å²) in [6.45, 7) is 4.09. The first-order chi connectivity index (χ1) is 8.71. The van der Waals surface area contributed by atoms with E-state index in [1.807, 2.05) is 25.1 Å². The molecule has 0 bridgehead atoms. The number of rotatable bonds is 4.